The molecular formula is C16H21BrN4. The Labute approximate surface area is 134 Å². The van der Waals surface area contributed by atoms with Gasteiger partial charge in [0.25, 0.3) is 0 Å². The first-order chi connectivity index (χ1) is 9.90. The molecule has 4 nitrogen and oxygen atoms in total. The predicted molar refractivity (Wildman–Crippen MR) is 89.4 cm³/mol. The average molecular weight is 349 g/mol. The Morgan fingerprint density at radius 2 is 2.00 bits per heavy atom. The molecule has 112 valence electrons. The Balaban J connectivity index is 2.19. The van der Waals surface area contributed by atoms with E-state index < -0.39 is 0 Å². The second kappa shape index (κ2) is 6.52. The maximum absolute atomic E-state index is 4.60. The minimum absolute atomic E-state index is 0.0835. The molecule has 2 aromatic rings. The quantitative estimate of drug-likeness (QED) is 0.844. The molecule has 0 saturated heterocycles. The minimum atomic E-state index is -0.0835. The molecule has 0 aliphatic heterocycles. The van der Waals surface area contributed by atoms with Crippen molar-refractivity contribution in [1.82, 2.24) is 15.0 Å². The number of aromatic nitrogens is 3. The average Bonchev–Trinajstić information content (AvgIpc) is 2.44. The van der Waals surface area contributed by atoms with E-state index in [1.54, 1.807) is 0 Å². The number of aryl methyl sites for hydroxylation is 1. The monoisotopic (exact) mass is 348 g/mol. The molecular weight excluding hydrogens is 328 g/mol. The molecule has 2 heterocycles. The van der Waals surface area contributed by atoms with Gasteiger partial charge in [0.15, 0.2) is 0 Å². The van der Waals surface area contributed by atoms with Gasteiger partial charge in [0, 0.05) is 17.7 Å². The maximum atomic E-state index is 4.60. The van der Waals surface area contributed by atoms with Gasteiger partial charge in [0.2, 0.25) is 0 Å². The van der Waals surface area contributed by atoms with Gasteiger partial charge in [-0.25, -0.2) is 9.97 Å². The molecule has 0 aliphatic carbocycles. The van der Waals surface area contributed by atoms with Crippen molar-refractivity contribution in [3.63, 3.8) is 0 Å². The molecule has 0 unspecified atom stereocenters. The van der Waals surface area contributed by atoms with Crippen LogP contribution in [0.2, 0.25) is 0 Å². The van der Waals surface area contributed by atoms with Gasteiger partial charge in [-0.15, -0.1) is 0 Å². The van der Waals surface area contributed by atoms with Crippen molar-refractivity contribution >= 4 is 21.7 Å². The van der Waals surface area contributed by atoms with E-state index in [-0.39, 0.29) is 5.41 Å². The number of rotatable bonds is 4. The maximum Gasteiger partial charge on any atom is 0.137 e. The van der Waals surface area contributed by atoms with Crippen molar-refractivity contribution in [3.8, 4) is 0 Å². The summed E-state index contributed by atoms with van der Waals surface area (Å²) in [5.41, 5.74) is 2.24. The zero-order valence-electron chi connectivity index (χ0n) is 12.9. The van der Waals surface area contributed by atoms with Gasteiger partial charge in [0.05, 0.1) is 12.2 Å². The molecule has 0 spiro atoms. The number of nitrogens with zero attached hydrogens (tertiary/aromatic N) is 3. The minimum Gasteiger partial charge on any atom is -0.364 e. The molecule has 0 fully saturated rings. The first-order valence-corrected chi connectivity index (χ1v) is 7.91. The SMILES string of the molecule is CCc1cccnc1CNc1cc(Br)nc(C(C)(C)C)n1. The standard InChI is InChI=1S/C16H21BrN4/c1-5-11-7-6-8-18-12(11)10-19-14-9-13(17)20-15(21-14)16(2,3)4/h6-9H,5,10H2,1-4H3,(H,19,20,21). The van der Waals surface area contributed by atoms with E-state index in [9.17, 15) is 0 Å². The molecule has 0 bridgehead atoms. The number of hydrogen-bond donors (Lipinski definition) is 1. The fraction of sp³-hybridized carbons (Fsp3) is 0.438. The van der Waals surface area contributed by atoms with E-state index >= 15 is 0 Å². The Hall–Kier alpha value is -1.49. The lowest BCUT2D eigenvalue weighted by atomic mass is 9.96. The topological polar surface area (TPSA) is 50.7 Å². The van der Waals surface area contributed by atoms with Crippen LogP contribution < -0.4 is 5.32 Å². The third kappa shape index (κ3) is 4.24. The second-order valence-corrected chi connectivity index (χ2v) is 6.78. The zero-order valence-corrected chi connectivity index (χ0v) is 14.5. The Morgan fingerprint density at radius 3 is 2.67 bits per heavy atom. The second-order valence-electron chi connectivity index (χ2n) is 5.97. The molecule has 1 N–H and O–H groups in total. The van der Waals surface area contributed by atoms with E-state index in [4.69, 9.17) is 0 Å². The van der Waals surface area contributed by atoms with Gasteiger partial charge in [-0.3, -0.25) is 4.98 Å². The molecule has 0 aromatic carbocycles. The first kappa shape index (κ1) is 15.9. The molecule has 0 atom stereocenters. The number of anilines is 1. The summed E-state index contributed by atoms with van der Waals surface area (Å²) < 4.78 is 0.793. The summed E-state index contributed by atoms with van der Waals surface area (Å²) in [5.74, 6) is 1.63. The van der Waals surface area contributed by atoms with E-state index in [2.05, 4.69) is 70.0 Å². The third-order valence-corrected chi connectivity index (χ3v) is 3.57. The fourth-order valence-corrected chi connectivity index (χ4v) is 2.36. The van der Waals surface area contributed by atoms with Crippen LogP contribution in [0, 0.1) is 0 Å². The summed E-state index contributed by atoms with van der Waals surface area (Å²) in [6.45, 7) is 9.11. The highest BCUT2D eigenvalue weighted by atomic mass is 79.9. The van der Waals surface area contributed by atoms with Crippen LogP contribution in [0.4, 0.5) is 5.82 Å². The Morgan fingerprint density at radius 1 is 1.24 bits per heavy atom. The summed E-state index contributed by atoms with van der Waals surface area (Å²) in [6.07, 6.45) is 2.80. The van der Waals surface area contributed by atoms with Crippen molar-refractivity contribution in [2.75, 3.05) is 5.32 Å². The van der Waals surface area contributed by atoms with Gasteiger partial charge in [0.1, 0.15) is 16.2 Å². The summed E-state index contributed by atoms with van der Waals surface area (Å²) in [6, 6.07) is 5.98. The number of halogens is 1. The van der Waals surface area contributed by atoms with Gasteiger partial charge < -0.3 is 5.32 Å². The normalized spacial score (nSPS) is 11.5. The van der Waals surface area contributed by atoms with Crippen molar-refractivity contribution < 1.29 is 0 Å². The largest absolute Gasteiger partial charge is 0.364 e. The highest BCUT2D eigenvalue weighted by molar-refractivity contribution is 9.10. The molecule has 2 rings (SSSR count). The van der Waals surface area contributed by atoms with Gasteiger partial charge in [-0.1, -0.05) is 33.8 Å². The fourth-order valence-electron chi connectivity index (χ4n) is 1.97. The molecule has 5 heteroatoms. The van der Waals surface area contributed by atoms with E-state index in [0.29, 0.717) is 6.54 Å². The molecule has 2 aromatic heterocycles. The molecule has 0 amide bonds. The molecule has 0 aliphatic rings. The van der Waals surface area contributed by atoms with Crippen LogP contribution in [-0.2, 0) is 18.4 Å². The molecule has 0 radical (unpaired) electrons. The number of pyridine rings is 1. The smallest absolute Gasteiger partial charge is 0.137 e. The summed E-state index contributed by atoms with van der Waals surface area (Å²) >= 11 is 3.45. The van der Waals surface area contributed by atoms with Gasteiger partial charge >= 0.3 is 0 Å². The van der Waals surface area contributed by atoms with E-state index in [1.807, 2.05) is 18.3 Å². The lowest BCUT2D eigenvalue weighted by molar-refractivity contribution is 0.544. The predicted octanol–water partition coefficient (Wildman–Crippen LogP) is 4.11. The summed E-state index contributed by atoms with van der Waals surface area (Å²) in [7, 11) is 0. The Kier molecular flexibility index (Phi) is 4.93. The van der Waals surface area contributed by atoms with Crippen molar-refractivity contribution in [1.29, 1.82) is 0 Å². The van der Waals surface area contributed by atoms with Gasteiger partial charge in [-0.2, -0.15) is 0 Å². The van der Waals surface area contributed by atoms with Crippen molar-refractivity contribution in [2.24, 2.45) is 0 Å². The van der Waals surface area contributed by atoms with E-state index in [0.717, 1.165) is 28.4 Å². The number of hydrogen-bond acceptors (Lipinski definition) is 4. The summed E-state index contributed by atoms with van der Waals surface area (Å²) in [4.78, 5) is 13.5. The molecule has 21 heavy (non-hydrogen) atoms. The lowest BCUT2D eigenvalue weighted by Gasteiger charge is -2.18. The highest BCUT2D eigenvalue weighted by Crippen LogP contribution is 2.22. The summed E-state index contributed by atoms with van der Waals surface area (Å²) in [5, 5.41) is 3.35. The first-order valence-electron chi connectivity index (χ1n) is 7.12. The van der Waals surface area contributed by atoms with Crippen molar-refractivity contribution in [2.45, 2.75) is 46.1 Å². The van der Waals surface area contributed by atoms with Crippen LogP contribution in [-0.4, -0.2) is 15.0 Å². The highest BCUT2D eigenvalue weighted by Gasteiger charge is 2.18. The Bertz CT molecular complexity index is 620. The van der Waals surface area contributed by atoms with Crippen LogP contribution in [0.25, 0.3) is 0 Å². The van der Waals surface area contributed by atoms with Crippen LogP contribution in [0.1, 0.15) is 44.8 Å². The van der Waals surface area contributed by atoms with Crippen molar-refractivity contribution in [3.05, 3.63) is 46.1 Å². The zero-order chi connectivity index (χ0) is 15.5. The number of nitrogens with one attached hydrogen (secondary N) is 1. The van der Waals surface area contributed by atoms with E-state index in [1.165, 1.54) is 5.56 Å². The third-order valence-electron chi connectivity index (χ3n) is 3.17. The lowest BCUT2D eigenvalue weighted by Crippen LogP contribution is -2.17. The van der Waals surface area contributed by atoms with Crippen LogP contribution in [0.15, 0.2) is 29.0 Å². The van der Waals surface area contributed by atoms with Crippen LogP contribution in [0.3, 0.4) is 0 Å². The van der Waals surface area contributed by atoms with Crippen LogP contribution in [0.5, 0.6) is 0 Å². The van der Waals surface area contributed by atoms with Crippen LogP contribution >= 0.6 is 15.9 Å². The van der Waals surface area contributed by atoms with Gasteiger partial charge in [-0.05, 0) is 34.0 Å². The molecule has 0 saturated carbocycles.